The van der Waals surface area contributed by atoms with E-state index < -0.39 is 25.2 Å². The number of nitrogens with zero attached hydrogens (tertiary/aromatic N) is 1. The summed E-state index contributed by atoms with van der Waals surface area (Å²) < 4.78 is 13.0. The van der Waals surface area contributed by atoms with Crippen LogP contribution < -0.4 is 0 Å². The Kier molecular flexibility index (Phi) is 16.4. The average Bonchev–Trinajstić information content (AvgIpc) is 2.00. The third-order valence-electron chi connectivity index (χ3n) is 0.787. The molecule has 0 heterocycles. The first-order valence-electron chi connectivity index (χ1n) is 4.16. The van der Waals surface area contributed by atoms with Crippen molar-refractivity contribution in [3.63, 3.8) is 0 Å². The molecule has 0 aromatic rings. The van der Waals surface area contributed by atoms with Crippen LogP contribution in [0.1, 0.15) is 20.8 Å². The van der Waals surface area contributed by atoms with Crippen LogP contribution in [-0.4, -0.2) is 62.6 Å². The van der Waals surface area contributed by atoms with Crippen molar-refractivity contribution in [3.05, 3.63) is 0 Å². The van der Waals surface area contributed by atoms with E-state index in [0.717, 1.165) is 20.8 Å². The number of nitriles is 1. The molecular weight excluding hydrogens is 239 g/mol. The maximum atomic E-state index is 10.4. The van der Waals surface area contributed by atoms with Crippen molar-refractivity contribution in [1.82, 2.24) is 0 Å². The molecule has 0 radical (unpaired) electrons. The fraction of sp³-hybridized carbons (Fsp3) is 0.429. The molecular formula is C7H12B2NNaO6. The van der Waals surface area contributed by atoms with Crippen LogP contribution in [0.15, 0.2) is 0 Å². The van der Waals surface area contributed by atoms with Gasteiger partial charge in [0.05, 0.1) is 0 Å². The molecule has 0 aromatic heterocycles. The van der Waals surface area contributed by atoms with Crippen LogP contribution in [0, 0.1) is 11.2 Å². The summed E-state index contributed by atoms with van der Waals surface area (Å²) in [6, 6.07) is 0. The van der Waals surface area contributed by atoms with Crippen molar-refractivity contribution < 1.29 is 28.3 Å². The third kappa shape index (κ3) is 21.0. The van der Waals surface area contributed by atoms with Gasteiger partial charge in [-0.25, -0.2) is 5.26 Å². The summed E-state index contributed by atoms with van der Waals surface area (Å²) in [6.07, 6.45) is 0. The molecule has 88 valence electrons. The Morgan fingerprint density at radius 3 is 1.29 bits per heavy atom. The van der Waals surface area contributed by atoms with Gasteiger partial charge in [0, 0.05) is 20.8 Å². The molecule has 0 saturated carbocycles. The molecule has 0 spiro atoms. The number of carbonyl (C=O) groups excluding carboxylic acids is 3. The number of carbonyl (C=O) groups is 3. The topological polar surface area (TPSA) is 103 Å². The molecule has 0 atom stereocenters. The minimum absolute atomic E-state index is 0. The van der Waals surface area contributed by atoms with Gasteiger partial charge in [0.2, 0.25) is 7.85 Å². The van der Waals surface area contributed by atoms with Crippen LogP contribution in [0.25, 0.3) is 0 Å². The molecule has 0 N–H and O–H groups in total. The normalized spacial score (nSPS) is 6.94. The monoisotopic (exact) mass is 251 g/mol. The van der Waals surface area contributed by atoms with E-state index in [9.17, 15) is 14.4 Å². The van der Waals surface area contributed by atoms with Crippen LogP contribution in [0.5, 0.6) is 0 Å². The van der Waals surface area contributed by atoms with E-state index >= 15 is 0 Å². The summed E-state index contributed by atoms with van der Waals surface area (Å²) in [5.74, 6) is -0.396. The van der Waals surface area contributed by atoms with Crippen LogP contribution >= 0.6 is 0 Å². The Balaban J connectivity index is -0.000000440. The molecule has 17 heavy (non-hydrogen) atoms. The molecule has 7 nitrogen and oxygen atoms in total. The fourth-order valence-electron chi connectivity index (χ4n) is 0.479. The Labute approximate surface area is 123 Å². The van der Waals surface area contributed by atoms with E-state index in [4.69, 9.17) is 5.26 Å². The second-order valence-electron chi connectivity index (χ2n) is 2.34. The van der Waals surface area contributed by atoms with E-state index in [0.29, 0.717) is 0 Å². The van der Waals surface area contributed by atoms with Crippen LogP contribution in [0.3, 0.4) is 0 Å². The van der Waals surface area contributed by atoms with Gasteiger partial charge in [-0.2, -0.15) is 0 Å². The van der Waals surface area contributed by atoms with Crippen molar-refractivity contribution in [2.75, 3.05) is 0 Å². The molecule has 0 bridgehead atoms. The molecule has 10 heteroatoms. The first-order valence-corrected chi connectivity index (χ1v) is 4.16. The van der Waals surface area contributed by atoms with Gasteiger partial charge in [0.25, 0.3) is 17.9 Å². The zero-order valence-electron chi connectivity index (χ0n) is 9.47. The first kappa shape index (κ1) is 21.3. The number of hydrogen-bond acceptors (Lipinski definition) is 7. The van der Waals surface area contributed by atoms with Gasteiger partial charge in [0.15, 0.2) is 0 Å². The standard InChI is InChI=1S/C6H9BO6.CH2BN.Na.H/c1-4(8)11-7(12-5(2)9)13-6(3)10;2-1-3;;/h1-3H3;2H2;;. The van der Waals surface area contributed by atoms with Gasteiger partial charge in [-0.15, -0.1) is 0 Å². The molecule has 0 saturated heterocycles. The molecule has 0 rings (SSSR count). The Bertz CT molecular complexity index is 267. The quantitative estimate of drug-likeness (QED) is 0.540. The zero-order valence-corrected chi connectivity index (χ0v) is 9.47. The van der Waals surface area contributed by atoms with Gasteiger partial charge >= 0.3 is 36.9 Å². The number of hydrogen-bond donors (Lipinski definition) is 0. The van der Waals surface area contributed by atoms with Crippen molar-refractivity contribution in [1.29, 1.82) is 5.26 Å². The summed E-state index contributed by atoms with van der Waals surface area (Å²) in [5, 5.41) is 7.32. The van der Waals surface area contributed by atoms with E-state index in [1.165, 1.54) is 7.85 Å². The van der Waals surface area contributed by atoms with Crippen LogP contribution in [0.2, 0.25) is 0 Å². The second-order valence-corrected chi connectivity index (χ2v) is 2.34. The fourth-order valence-corrected chi connectivity index (χ4v) is 0.479. The van der Waals surface area contributed by atoms with Crippen molar-refractivity contribution in [2.24, 2.45) is 0 Å². The Morgan fingerprint density at radius 1 is 1.00 bits per heavy atom. The molecule has 0 amide bonds. The molecule has 0 aliphatic heterocycles. The van der Waals surface area contributed by atoms with Gasteiger partial charge < -0.3 is 14.0 Å². The predicted octanol–water partition coefficient (Wildman–Crippen LogP) is -1.89. The van der Waals surface area contributed by atoms with E-state index in [2.05, 4.69) is 14.0 Å². The van der Waals surface area contributed by atoms with Crippen molar-refractivity contribution >= 4 is 62.6 Å². The molecule has 0 aromatic carbocycles. The zero-order chi connectivity index (χ0) is 13.1. The SMILES string of the molecule is BC#N.CC(=O)OB(OC(C)=O)OC(C)=O.[NaH]. The third-order valence-corrected chi connectivity index (χ3v) is 0.787. The van der Waals surface area contributed by atoms with Crippen LogP contribution in [-0.2, 0) is 28.3 Å². The molecule has 0 fully saturated rings. The predicted molar refractivity (Wildman–Crippen MR) is 62.4 cm³/mol. The van der Waals surface area contributed by atoms with Gasteiger partial charge in [-0.05, 0) is 5.97 Å². The van der Waals surface area contributed by atoms with E-state index in [1.54, 1.807) is 5.97 Å². The van der Waals surface area contributed by atoms with Crippen molar-refractivity contribution in [3.8, 4) is 5.97 Å². The summed E-state index contributed by atoms with van der Waals surface area (Å²) >= 11 is 0. The van der Waals surface area contributed by atoms with Gasteiger partial charge in [-0.3, -0.25) is 14.4 Å². The first-order chi connectivity index (χ1) is 7.33. The number of rotatable bonds is 3. The molecule has 0 aliphatic rings. The van der Waals surface area contributed by atoms with Gasteiger partial charge in [0.1, 0.15) is 0 Å². The van der Waals surface area contributed by atoms with Crippen molar-refractivity contribution in [2.45, 2.75) is 20.8 Å². The maximum absolute atomic E-state index is 10.4. The van der Waals surface area contributed by atoms with Gasteiger partial charge in [-0.1, -0.05) is 0 Å². The Morgan fingerprint density at radius 2 is 1.18 bits per heavy atom. The summed E-state index contributed by atoms with van der Waals surface area (Å²) in [4.78, 5) is 31.2. The summed E-state index contributed by atoms with van der Waals surface area (Å²) in [7, 11) is -0.160. The second kappa shape index (κ2) is 13.1. The summed E-state index contributed by atoms with van der Waals surface area (Å²) in [5.41, 5.74) is 0. The Hall–Kier alpha value is -0.970. The van der Waals surface area contributed by atoms with Crippen LogP contribution in [0.4, 0.5) is 0 Å². The minimum atomic E-state index is -1.59. The summed E-state index contributed by atoms with van der Waals surface area (Å²) in [6.45, 7) is 3.29. The average molecular weight is 251 g/mol. The molecule has 0 aliphatic carbocycles. The van der Waals surface area contributed by atoms with E-state index in [1.807, 2.05) is 0 Å². The van der Waals surface area contributed by atoms with E-state index in [-0.39, 0.29) is 29.6 Å². The molecule has 0 unspecified atom stereocenters.